The molecule has 2 rings (SSSR count). The largest absolute Gasteiger partial charge is 0.264 e. The molecule has 1 heterocycles. The summed E-state index contributed by atoms with van der Waals surface area (Å²) >= 11 is 1.39. The number of pyridine rings is 1. The predicted molar refractivity (Wildman–Crippen MR) is 59.5 cm³/mol. The molecule has 0 unspecified atom stereocenters. The third-order valence-electron chi connectivity index (χ3n) is 2.02. The van der Waals surface area contributed by atoms with Crippen LogP contribution in [0.2, 0.25) is 0 Å². The van der Waals surface area contributed by atoms with Gasteiger partial charge in [0.1, 0.15) is 5.82 Å². The summed E-state index contributed by atoms with van der Waals surface area (Å²) in [7, 11) is 0. The van der Waals surface area contributed by atoms with Gasteiger partial charge in [-0.2, -0.15) is 0 Å². The highest BCUT2D eigenvalue weighted by Gasteiger charge is 2.05. The topological polar surface area (TPSA) is 12.9 Å². The number of aromatic nitrogens is 1. The summed E-state index contributed by atoms with van der Waals surface area (Å²) in [5.41, 5.74) is 0.670. The van der Waals surface area contributed by atoms with E-state index in [1.807, 2.05) is 18.2 Å². The van der Waals surface area contributed by atoms with Crippen LogP contribution in [-0.4, -0.2) is 4.98 Å². The first kappa shape index (κ1) is 10.2. The summed E-state index contributed by atoms with van der Waals surface area (Å²) in [6.45, 7) is 1.77. The van der Waals surface area contributed by atoms with E-state index in [1.54, 1.807) is 31.5 Å². The molecule has 1 aromatic carbocycles. The zero-order valence-electron chi connectivity index (χ0n) is 8.27. The van der Waals surface area contributed by atoms with Crippen LogP contribution in [0.25, 0.3) is 0 Å². The molecule has 0 aliphatic carbocycles. The Morgan fingerprint density at radius 1 is 1.20 bits per heavy atom. The number of nitrogens with zero attached hydrogens (tertiary/aromatic N) is 1. The van der Waals surface area contributed by atoms with Crippen LogP contribution in [-0.2, 0) is 0 Å². The lowest BCUT2D eigenvalue weighted by molar-refractivity contribution is 0.592. The third-order valence-corrected chi connectivity index (χ3v) is 3.03. The van der Waals surface area contributed by atoms with Crippen molar-refractivity contribution in [2.75, 3.05) is 0 Å². The van der Waals surface area contributed by atoms with Crippen molar-refractivity contribution >= 4 is 11.8 Å². The Bertz CT molecular complexity index is 456. The maximum absolute atomic E-state index is 13.6. The minimum atomic E-state index is -0.147. The number of halogens is 1. The zero-order valence-corrected chi connectivity index (χ0v) is 9.09. The molecule has 3 heteroatoms. The average Bonchev–Trinajstić information content (AvgIpc) is 2.26. The monoisotopic (exact) mass is 219 g/mol. The number of hydrogen-bond acceptors (Lipinski definition) is 2. The van der Waals surface area contributed by atoms with Gasteiger partial charge in [0.05, 0.1) is 0 Å². The summed E-state index contributed by atoms with van der Waals surface area (Å²) in [5, 5.41) is 0. The van der Waals surface area contributed by atoms with Crippen molar-refractivity contribution in [1.82, 2.24) is 4.98 Å². The van der Waals surface area contributed by atoms with Gasteiger partial charge < -0.3 is 0 Å². The molecular weight excluding hydrogens is 209 g/mol. The van der Waals surface area contributed by atoms with Gasteiger partial charge >= 0.3 is 0 Å². The highest BCUT2D eigenvalue weighted by Crippen LogP contribution is 2.29. The molecule has 0 bridgehead atoms. The lowest BCUT2D eigenvalue weighted by Gasteiger charge is -2.04. The van der Waals surface area contributed by atoms with Gasteiger partial charge in [-0.25, -0.2) is 4.39 Å². The molecule has 0 aliphatic heterocycles. The number of rotatable bonds is 2. The lowest BCUT2D eigenvalue weighted by Crippen LogP contribution is -1.85. The van der Waals surface area contributed by atoms with E-state index < -0.39 is 0 Å². The normalized spacial score (nSPS) is 10.3. The van der Waals surface area contributed by atoms with Crippen LogP contribution in [0.5, 0.6) is 0 Å². The summed E-state index contributed by atoms with van der Waals surface area (Å²) in [6.07, 6.45) is 3.43. The van der Waals surface area contributed by atoms with Crippen molar-refractivity contribution in [3.05, 3.63) is 54.1 Å². The Morgan fingerprint density at radius 3 is 2.80 bits per heavy atom. The molecule has 15 heavy (non-hydrogen) atoms. The maximum atomic E-state index is 13.6. The number of benzene rings is 1. The fourth-order valence-electron chi connectivity index (χ4n) is 1.23. The number of aryl methyl sites for hydroxylation is 1. The van der Waals surface area contributed by atoms with E-state index >= 15 is 0 Å². The smallest absolute Gasteiger partial charge is 0.140 e. The fourth-order valence-corrected chi connectivity index (χ4v) is 2.15. The molecule has 0 aliphatic rings. The third kappa shape index (κ3) is 2.36. The molecule has 0 amide bonds. The quantitative estimate of drug-likeness (QED) is 0.764. The fraction of sp³-hybridized carbons (Fsp3) is 0.0833. The van der Waals surface area contributed by atoms with Crippen molar-refractivity contribution in [3.8, 4) is 0 Å². The standard InChI is InChI=1S/C12H10FNS/c1-9-4-2-6-11(12(9)13)15-10-5-3-7-14-8-10/h2-8H,1H3. The van der Waals surface area contributed by atoms with Crippen LogP contribution in [0, 0.1) is 12.7 Å². The zero-order chi connectivity index (χ0) is 10.7. The molecule has 1 nitrogen and oxygen atoms in total. The summed E-state index contributed by atoms with van der Waals surface area (Å²) < 4.78 is 13.6. The second kappa shape index (κ2) is 4.45. The highest BCUT2D eigenvalue weighted by molar-refractivity contribution is 7.99. The molecule has 1 aromatic heterocycles. The van der Waals surface area contributed by atoms with Gasteiger partial charge in [-0.15, -0.1) is 0 Å². The Kier molecular flexibility index (Phi) is 3.02. The molecule has 0 atom stereocenters. The first-order valence-corrected chi connectivity index (χ1v) is 5.42. The van der Waals surface area contributed by atoms with Crippen molar-refractivity contribution in [1.29, 1.82) is 0 Å². The van der Waals surface area contributed by atoms with E-state index in [4.69, 9.17) is 0 Å². The summed E-state index contributed by atoms with van der Waals surface area (Å²) in [4.78, 5) is 5.58. The minimum Gasteiger partial charge on any atom is -0.264 e. The predicted octanol–water partition coefficient (Wildman–Crippen LogP) is 3.68. The Morgan fingerprint density at radius 2 is 2.07 bits per heavy atom. The second-order valence-electron chi connectivity index (χ2n) is 3.18. The van der Waals surface area contributed by atoms with Gasteiger partial charge in [0.2, 0.25) is 0 Å². The minimum absolute atomic E-state index is 0.147. The molecule has 0 N–H and O–H groups in total. The SMILES string of the molecule is Cc1cccc(Sc2cccnc2)c1F. The number of hydrogen-bond donors (Lipinski definition) is 0. The maximum Gasteiger partial charge on any atom is 0.140 e. The van der Waals surface area contributed by atoms with Crippen molar-refractivity contribution < 1.29 is 4.39 Å². The van der Waals surface area contributed by atoms with E-state index in [2.05, 4.69) is 4.98 Å². The first-order chi connectivity index (χ1) is 7.27. The van der Waals surface area contributed by atoms with E-state index in [-0.39, 0.29) is 5.82 Å². The molecule has 2 aromatic rings. The summed E-state index contributed by atoms with van der Waals surface area (Å²) in [5.74, 6) is -0.147. The second-order valence-corrected chi connectivity index (χ2v) is 4.29. The molecule has 0 fully saturated rings. The highest BCUT2D eigenvalue weighted by atomic mass is 32.2. The van der Waals surface area contributed by atoms with Crippen LogP contribution in [0.4, 0.5) is 4.39 Å². The Balaban J connectivity index is 2.29. The molecule has 0 spiro atoms. The Hall–Kier alpha value is -1.35. The summed E-state index contributed by atoms with van der Waals surface area (Å²) in [6, 6.07) is 9.16. The van der Waals surface area contributed by atoms with Gasteiger partial charge in [0.15, 0.2) is 0 Å². The first-order valence-electron chi connectivity index (χ1n) is 4.60. The molecular formula is C12H10FNS. The van der Waals surface area contributed by atoms with Gasteiger partial charge in [0.25, 0.3) is 0 Å². The van der Waals surface area contributed by atoms with Gasteiger partial charge in [-0.05, 0) is 30.7 Å². The van der Waals surface area contributed by atoms with Crippen LogP contribution in [0.3, 0.4) is 0 Å². The van der Waals surface area contributed by atoms with Crippen LogP contribution >= 0.6 is 11.8 Å². The molecule has 0 saturated carbocycles. The average molecular weight is 219 g/mol. The molecule has 76 valence electrons. The van der Waals surface area contributed by atoms with Crippen LogP contribution in [0.15, 0.2) is 52.5 Å². The van der Waals surface area contributed by atoms with E-state index in [1.165, 1.54) is 11.8 Å². The van der Waals surface area contributed by atoms with E-state index in [0.29, 0.717) is 10.5 Å². The van der Waals surface area contributed by atoms with E-state index in [0.717, 1.165) is 4.90 Å². The Labute approximate surface area is 92.4 Å². The van der Waals surface area contributed by atoms with Gasteiger partial charge in [-0.3, -0.25) is 4.98 Å². The van der Waals surface area contributed by atoms with Crippen molar-refractivity contribution in [2.24, 2.45) is 0 Å². The van der Waals surface area contributed by atoms with Gasteiger partial charge in [-0.1, -0.05) is 23.9 Å². The molecule has 0 saturated heterocycles. The van der Waals surface area contributed by atoms with E-state index in [9.17, 15) is 4.39 Å². The van der Waals surface area contributed by atoms with Crippen molar-refractivity contribution in [3.63, 3.8) is 0 Å². The molecule has 0 radical (unpaired) electrons. The van der Waals surface area contributed by atoms with Gasteiger partial charge in [0, 0.05) is 22.2 Å². The van der Waals surface area contributed by atoms with Crippen LogP contribution in [0.1, 0.15) is 5.56 Å². The van der Waals surface area contributed by atoms with Crippen molar-refractivity contribution in [2.45, 2.75) is 16.7 Å². The lowest BCUT2D eigenvalue weighted by atomic mass is 10.2. The van der Waals surface area contributed by atoms with Crippen LogP contribution < -0.4 is 0 Å².